The van der Waals surface area contributed by atoms with Crippen LogP contribution in [0.3, 0.4) is 0 Å². The summed E-state index contributed by atoms with van der Waals surface area (Å²) in [7, 11) is -11.8. The Kier molecular flexibility index (Phi) is 5.73. The number of benzene rings is 2. The van der Waals surface area contributed by atoms with Crippen LogP contribution in [0.15, 0.2) is 63.2 Å². The largest absolute Gasteiger partial charge is 0.280 e. The molecule has 0 fully saturated rings. The minimum Gasteiger partial charge on any atom is -0.280 e. The summed E-state index contributed by atoms with van der Waals surface area (Å²) in [4.78, 5) is -0.653. The molecule has 12 heteroatoms. The van der Waals surface area contributed by atoms with Crippen LogP contribution >= 0.6 is 0 Å². The van der Waals surface area contributed by atoms with Crippen molar-refractivity contribution in [3.8, 4) is 0 Å². The topological polar surface area (TPSA) is 152 Å². The first-order valence-electron chi connectivity index (χ1n) is 7.21. The summed E-state index contributed by atoms with van der Waals surface area (Å²) < 4.78 is 75.8. The van der Waals surface area contributed by atoms with Gasteiger partial charge in [0.2, 0.25) is 20.0 Å². The van der Waals surface area contributed by atoms with Gasteiger partial charge in [-0.1, -0.05) is 13.0 Å². The number of primary sulfonamides is 1. The van der Waals surface area contributed by atoms with E-state index in [-0.39, 0.29) is 26.9 Å². The zero-order valence-corrected chi connectivity index (χ0v) is 16.0. The van der Waals surface area contributed by atoms with Crippen molar-refractivity contribution in [2.24, 2.45) is 5.14 Å². The molecule has 0 aliphatic rings. The van der Waals surface area contributed by atoms with Crippen LogP contribution in [0, 0.1) is 0 Å². The lowest BCUT2D eigenvalue weighted by atomic mass is 10.3. The molecule has 0 unspecified atom stereocenters. The maximum atomic E-state index is 12.4. The highest BCUT2D eigenvalue weighted by Gasteiger charge is 2.18. The van der Waals surface area contributed by atoms with Crippen molar-refractivity contribution in [2.45, 2.75) is 21.6 Å². The third-order valence-corrected chi connectivity index (χ3v) is 7.05. The van der Waals surface area contributed by atoms with E-state index < -0.39 is 30.1 Å². The normalized spacial score (nSPS) is 12.7. The minimum absolute atomic E-state index is 0.0153. The van der Waals surface area contributed by atoms with Gasteiger partial charge in [0, 0.05) is 12.2 Å². The highest BCUT2D eigenvalue weighted by molar-refractivity contribution is 7.93. The molecule has 0 bridgehead atoms. The van der Waals surface area contributed by atoms with E-state index in [0.29, 0.717) is 0 Å². The monoisotopic (exact) mass is 419 g/mol. The smallest absolute Gasteiger partial charge is 0.261 e. The van der Waals surface area contributed by atoms with Gasteiger partial charge in [0.15, 0.2) is 0 Å². The molecule has 0 aliphatic heterocycles. The summed E-state index contributed by atoms with van der Waals surface area (Å²) in [6, 6.07) is 9.63. The fourth-order valence-corrected chi connectivity index (χ4v) is 4.79. The molecule has 2 rings (SSSR count). The van der Waals surface area contributed by atoms with Gasteiger partial charge in [-0.3, -0.25) is 4.72 Å². The molecule has 0 aliphatic carbocycles. The number of nitrogens with one attached hydrogen (secondary N) is 2. The van der Waals surface area contributed by atoms with Crippen molar-refractivity contribution in [1.82, 2.24) is 4.72 Å². The van der Waals surface area contributed by atoms with Gasteiger partial charge in [0.1, 0.15) is 0 Å². The highest BCUT2D eigenvalue weighted by atomic mass is 32.2. The zero-order valence-electron chi connectivity index (χ0n) is 13.6. The molecule has 0 amide bonds. The van der Waals surface area contributed by atoms with E-state index in [1.165, 1.54) is 42.5 Å². The predicted molar refractivity (Wildman–Crippen MR) is 95.9 cm³/mol. The molecule has 2 aromatic rings. The molecule has 0 atom stereocenters. The third-order valence-electron chi connectivity index (χ3n) is 3.20. The summed E-state index contributed by atoms with van der Waals surface area (Å²) >= 11 is 0. The Bertz CT molecular complexity index is 1110. The Morgan fingerprint density at radius 2 is 1.38 bits per heavy atom. The lowest BCUT2D eigenvalue weighted by Gasteiger charge is -2.10. The SMILES string of the molecule is CCNS(=O)(=O)c1ccc(NS(=O)(=O)c2cccc(S(N)(=O)=O)c2)cc1. The summed E-state index contributed by atoms with van der Waals surface area (Å²) in [5, 5.41) is 5.00. The Morgan fingerprint density at radius 3 is 1.92 bits per heavy atom. The van der Waals surface area contributed by atoms with Gasteiger partial charge in [-0.05, 0) is 42.5 Å². The van der Waals surface area contributed by atoms with Crippen LogP contribution in [0.1, 0.15) is 6.92 Å². The van der Waals surface area contributed by atoms with Crippen molar-refractivity contribution >= 4 is 35.8 Å². The van der Waals surface area contributed by atoms with E-state index in [4.69, 9.17) is 5.14 Å². The van der Waals surface area contributed by atoms with Crippen LogP contribution in [0.5, 0.6) is 0 Å². The van der Waals surface area contributed by atoms with Gasteiger partial charge >= 0.3 is 0 Å². The number of hydrogen-bond acceptors (Lipinski definition) is 6. The Labute approximate surface area is 152 Å². The van der Waals surface area contributed by atoms with E-state index in [1.807, 2.05) is 0 Å². The van der Waals surface area contributed by atoms with E-state index in [0.717, 1.165) is 6.07 Å². The van der Waals surface area contributed by atoms with E-state index in [2.05, 4.69) is 9.44 Å². The minimum atomic E-state index is -4.09. The number of rotatable bonds is 7. The Morgan fingerprint density at radius 1 is 0.808 bits per heavy atom. The van der Waals surface area contributed by atoms with Gasteiger partial charge in [-0.15, -0.1) is 0 Å². The molecule has 0 saturated carbocycles. The second kappa shape index (κ2) is 7.32. The van der Waals surface area contributed by atoms with Crippen LogP contribution in [-0.4, -0.2) is 31.8 Å². The number of nitrogens with two attached hydrogens (primary N) is 1. The first-order chi connectivity index (χ1) is 12.0. The molecule has 142 valence electrons. The lowest BCUT2D eigenvalue weighted by molar-refractivity contribution is 0.583. The van der Waals surface area contributed by atoms with E-state index in [1.54, 1.807) is 6.92 Å². The molecule has 0 aromatic heterocycles. The zero-order chi connectivity index (χ0) is 19.6. The third kappa shape index (κ3) is 4.80. The first-order valence-corrected chi connectivity index (χ1v) is 11.7. The molecule has 9 nitrogen and oxygen atoms in total. The fraction of sp³-hybridized carbons (Fsp3) is 0.143. The van der Waals surface area contributed by atoms with Crippen LogP contribution in [0.25, 0.3) is 0 Å². The highest BCUT2D eigenvalue weighted by Crippen LogP contribution is 2.20. The summed E-state index contributed by atoms with van der Waals surface area (Å²) in [5.74, 6) is 0. The standard InChI is InChI=1S/C14H17N3O6S3/c1-2-16-25(20,21)12-8-6-11(7-9-12)17-26(22,23)14-5-3-4-13(10-14)24(15,18)19/h3-10,16-17H,2H2,1H3,(H2,15,18,19). The van der Waals surface area contributed by atoms with Crippen LogP contribution < -0.4 is 14.6 Å². The summed E-state index contributed by atoms with van der Waals surface area (Å²) in [5.41, 5.74) is 0.112. The van der Waals surface area contributed by atoms with Gasteiger partial charge in [0.25, 0.3) is 10.0 Å². The van der Waals surface area contributed by atoms with Gasteiger partial charge in [-0.25, -0.2) is 35.1 Å². The van der Waals surface area contributed by atoms with Gasteiger partial charge < -0.3 is 0 Å². The van der Waals surface area contributed by atoms with Crippen LogP contribution in [0.2, 0.25) is 0 Å². The Balaban J connectivity index is 2.30. The van der Waals surface area contributed by atoms with Crippen molar-refractivity contribution < 1.29 is 25.3 Å². The number of sulfonamides is 3. The fourth-order valence-electron chi connectivity index (χ4n) is 2.01. The maximum Gasteiger partial charge on any atom is 0.261 e. The molecule has 26 heavy (non-hydrogen) atoms. The molecule has 0 saturated heterocycles. The molecule has 4 N–H and O–H groups in total. The lowest BCUT2D eigenvalue weighted by Crippen LogP contribution is -2.23. The average Bonchev–Trinajstić information content (AvgIpc) is 2.54. The quantitative estimate of drug-likeness (QED) is 0.592. The maximum absolute atomic E-state index is 12.4. The van der Waals surface area contributed by atoms with Crippen molar-refractivity contribution in [2.75, 3.05) is 11.3 Å². The predicted octanol–water partition coefficient (Wildman–Crippen LogP) is 0.433. The molecule has 2 aromatic carbocycles. The number of anilines is 1. The first kappa shape index (κ1) is 20.3. The molecule has 0 spiro atoms. The van der Waals surface area contributed by atoms with Crippen molar-refractivity contribution in [1.29, 1.82) is 0 Å². The summed E-state index contributed by atoms with van der Waals surface area (Å²) in [6.45, 7) is 1.85. The molecular weight excluding hydrogens is 402 g/mol. The van der Waals surface area contributed by atoms with Gasteiger partial charge in [-0.2, -0.15) is 0 Å². The van der Waals surface area contributed by atoms with Crippen LogP contribution in [-0.2, 0) is 30.1 Å². The van der Waals surface area contributed by atoms with Crippen molar-refractivity contribution in [3.63, 3.8) is 0 Å². The summed E-state index contributed by atoms with van der Waals surface area (Å²) in [6.07, 6.45) is 0. The second-order valence-electron chi connectivity index (χ2n) is 5.15. The molecule has 0 heterocycles. The molecule has 0 radical (unpaired) electrons. The number of hydrogen-bond donors (Lipinski definition) is 3. The van der Waals surface area contributed by atoms with E-state index >= 15 is 0 Å². The molecular formula is C14H17N3O6S3. The Hall–Kier alpha value is -1.99. The second-order valence-corrected chi connectivity index (χ2v) is 10.2. The average molecular weight is 420 g/mol. The van der Waals surface area contributed by atoms with Crippen LogP contribution in [0.4, 0.5) is 5.69 Å². The van der Waals surface area contributed by atoms with Crippen molar-refractivity contribution in [3.05, 3.63) is 48.5 Å². The van der Waals surface area contributed by atoms with Gasteiger partial charge in [0.05, 0.1) is 14.7 Å². The van der Waals surface area contributed by atoms with E-state index in [9.17, 15) is 25.3 Å².